The molecule has 28 heavy (non-hydrogen) atoms. The minimum atomic E-state index is -0.999. The molecule has 0 saturated heterocycles. The Hall–Kier alpha value is -0.220. The predicted molar refractivity (Wildman–Crippen MR) is 98.7 cm³/mol. The van der Waals surface area contributed by atoms with Gasteiger partial charge in [-0.15, -0.1) is 0 Å². The van der Waals surface area contributed by atoms with E-state index in [0.29, 0.717) is 47.3 Å². The van der Waals surface area contributed by atoms with E-state index in [-0.39, 0.29) is 23.7 Å². The molecule has 18 unspecified atom stereocenters. The van der Waals surface area contributed by atoms with E-state index in [1.165, 1.54) is 25.7 Å². The zero-order valence-corrected chi connectivity index (χ0v) is 17.0. The Labute approximate surface area is 173 Å². The van der Waals surface area contributed by atoms with Crippen LogP contribution in [0.2, 0.25) is 0 Å². The molecule has 10 rings (SSSR count). The smallest absolute Gasteiger partial charge is 0.317 e. The lowest BCUT2D eigenvalue weighted by Gasteiger charge is -2.49. The summed E-state index contributed by atoms with van der Waals surface area (Å²) in [4.78, 5) is -0.474. The minimum Gasteiger partial charge on any atom is -0.565 e. The first kappa shape index (κ1) is 14.7. The van der Waals surface area contributed by atoms with Gasteiger partial charge in [-0.3, -0.25) is 0 Å². The summed E-state index contributed by atoms with van der Waals surface area (Å²) < 4.78 is 0. The van der Waals surface area contributed by atoms with Crippen LogP contribution in [0.4, 0.5) is 0 Å². The number of hydroxylamine groups is 2. The molecule has 0 heterocycles. The topological polar surface area (TPSA) is 52.1 Å². The quantitative estimate of drug-likeness (QED) is 0.224. The second-order valence-corrected chi connectivity index (χ2v) is 13.9. The van der Waals surface area contributed by atoms with Crippen molar-refractivity contribution in [3.8, 4) is 0 Å². The van der Waals surface area contributed by atoms with Gasteiger partial charge >= 0.3 is 10.00 Å². The number of hydrogen-bond donors (Lipinski definition) is 0. The van der Waals surface area contributed by atoms with Crippen LogP contribution in [0, 0.1) is 105 Å². The monoisotopic (exact) mass is 418 g/mol. The number of azo groups is 1. The highest BCUT2D eigenvalue weighted by Gasteiger charge is 2.92. The number of rotatable bonds is 2. The van der Waals surface area contributed by atoms with Crippen LogP contribution < -0.4 is 0 Å². The molecule has 6 heteroatoms. The third-order valence-corrected chi connectivity index (χ3v) is 14.6. The first-order chi connectivity index (χ1) is 13.5. The lowest BCUT2D eigenvalue weighted by Crippen LogP contribution is -2.61. The number of fused-ring (bicyclic) bond motifs is 4. The molecule has 10 aliphatic rings. The van der Waals surface area contributed by atoms with Gasteiger partial charge in [0, 0.05) is 0 Å². The molecule has 10 aliphatic carbocycles. The highest BCUT2D eigenvalue weighted by molar-refractivity contribution is 6.24. The average Bonchev–Trinajstić information content (AvgIpc) is 3.34. The maximum Gasteiger partial charge on any atom is 0.317 e. The van der Waals surface area contributed by atoms with Gasteiger partial charge in [0.1, 0.15) is 0 Å². The highest BCUT2D eigenvalue weighted by atomic mass is 35.5. The molecule has 0 N–H and O–H groups in total. The van der Waals surface area contributed by atoms with E-state index in [2.05, 4.69) is 0 Å². The van der Waals surface area contributed by atoms with Crippen molar-refractivity contribution in [3.05, 3.63) is 10.4 Å². The van der Waals surface area contributed by atoms with Crippen molar-refractivity contribution in [2.75, 3.05) is 0 Å². The van der Waals surface area contributed by atoms with Crippen molar-refractivity contribution in [1.82, 2.24) is 0 Å². The van der Waals surface area contributed by atoms with Crippen LogP contribution >= 0.6 is 23.2 Å². The van der Waals surface area contributed by atoms with Crippen LogP contribution in [0.25, 0.3) is 0 Å². The zero-order valence-electron chi connectivity index (χ0n) is 15.5. The van der Waals surface area contributed by atoms with Crippen molar-refractivity contribution in [3.63, 3.8) is 0 Å². The summed E-state index contributed by atoms with van der Waals surface area (Å²) in [6.07, 6.45) is 5.09. The Balaban J connectivity index is 1.16. The Morgan fingerprint density at radius 1 is 0.500 bits per heavy atom. The summed E-state index contributed by atoms with van der Waals surface area (Å²) in [7, 11) is 0. The molecular weight excluding hydrogens is 395 g/mol. The van der Waals surface area contributed by atoms with Gasteiger partial charge in [-0.2, -0.15) is 0 Å². The summed E-state index contributed by atoms with van der Waals surface area (Å²) in [6.45, 7) is 0. The van der Waals surface area contributed by atoms with Crippen molar-refractivity contribution in [2.45, 2.75) is 35.7 Å². The molecule has 0 aliphatic heterocycles. The number of alkyl halides is 2. The lowest BCUT2D eigenvalue weighted by atomic mass is 9.58. The Kier molecular flexibility index (Phi) is 1.92. The number of halogens is 2. The fourth-order valence-electron chi connectivity index (χ4n) is 13.7. The first-order valence-corrected chi connectivity index (χ1v) is 12.6. The van der Waals surface area contributed by atoms with Crippen molar-refractivity contribution >= 4 is 23.2 Å². The van der Waals surface area contributed by atoms with Gasteiger partial charge in [0.25, 0.3) is 0 Å². The van der Waals surface area contributed by atoms with Gasteiger partial charge < -0.3 is 10.4 Å². The first-order valence-electron chi connectivity index (χ1n) is 11.8. The summed E-state index contributed by atoms with van der Waals surface area (Å²) in [5.41, 5.74) is 0. The molecule has 0 spiro atoms. The van der Waals surface area contributed by atoms with Crippen LogP contribution in [-0.4, -0.2) is 19.7 Å². The third kappa shape index (κ3) is 0.970. The summed E-state index contributed by atoms with van der Waals surface area (Å²) in [5.74, 6) is 9.09. The number of hydrogen-bond acceptors (Lipinski definition) is 2. The van der Waals surface area contributed by atoms with Crippen molar-refractivity contribution in [1.29, 1.82) is 0 Å². The average molecular weight is 419 g/mol. The van der Waals surface area contributed by atoms with Crippen LogP contribution in [0.3, 0.4) is 0 Å². The van der Waals surface area contributed by atoms with E-state index in [4.69, 9.17) is 23.2 Å². The third-order valence-electron chi connectivity index (χ3n) is 13.4. The largest absolute Gasteiger partial charge is 0.565 e. The SMILES string of the molecule is [O-]/[N+](=[N+](/[O-])C1(Cl)C2C3CC4C5C3CC2C5C41)C1(Cl)C2C3CC4C5C3CC2C5C41. The molecular formula is C22H24Cl2N2O2. The summed E-state index contributed by atoms with van der Waals surface area (Å²) in [5, 5.41) is 27.7. The van der Waals surface area contributed by atoms with Gasteiger partial charge in [0.15, 0.2) is 0 Å². The summed E-state index contributed by atoms with van der Waals surface area (Å²) >= 11 is 14.6. The van der Waals surface area contributed by atoms with Crippen molar-refractivity contribution in [2.24, 2.45) is 94.7 Å². The fraction of sp³-hybridized carbons (Fsp3) is 1.00. The van der Waals surface area contributed by atoms with E-state index < -0.39 is 10.00 Å². The second kappa shape index (κ2) is 3.66. The van der Waals surface area contributed by atoms with Crippen molar-refractivity contribution < 1.29 is 9.72 Å². The molecule has 148 valence electrons. The second-order valence-electron chi connectivity index (χ2n) is 12.7. The van der Waals surface area contributed by atoms with E-state index in [9.17, 15) is 10.4 Å². The molecule has 18 atom stereocenters. The van der Waals surface area contributed by atoms with Gasteiger partial charge in [0.2, 0.25) is 0 Å². The molecule has 10 saturated carbocycles. The predicted octanol–water partition coefficient (Wildman–Crippen LogP) is 3.89. The molecule has 10 fully saturated rings. The van der Waals surface area contributed by atoms with Crippen LogP contribution in [0.15, 0.2) is 0 Å². The molecule has 0 aromatic heterocycles. The molecule has 0 aromatic carbocycles. The van der Waals surface area contributed by atoms with E-state index >= 15 is 0 Å². The lowest BCUT2D eigenvalue weighted by molar-refractivity contribution is -1.02. The summed E-state index contributed by atoms with van der Waals surface area (Å²) in [6, 6.07) is 0. The van der Waals surface area contributed by atoms with E-state index in [1.807, 2.05) is 0 Å². The normalized spacial score (nSPS) is 81.8. The van der Waals surface area contributed by atoms with Crippen LogP contribution in [-0.2, 0) is 0 Å². The molecule has 0 amide bonds. The van der Waals surface area contributed by atoms with Gasteiger partial charge in [-0.25, -0.2) is 0 Å². The van der Waals surface area contributed by atoms with Crippen LogP contribution in [0.5, 0.6) is 0 Å². The van der Waals surface area contributed by atoms with Gasteiger partial charge in [0.05, 0.1) is 33.4 Å². The molecule has 4 bridgehead atoms. The number of nitrogens with zero attached hydrogens (tertiary/aromatic N) is 2. The highest BCUT2D eigenvalue weighted by Crippen LogP contribution is 2.88. The van der Waals surface area contributed by atoms with Gasteiger partial charge in [-0.1, -0.05) is 0 Å². The maximum absolute atomic E-state index is 13.9. The van der Waals surface area contributed by atoms with E-state index in [0.717, 1.165) is 33.4 Å². The van der Waals surface area contributed by atoms with Gasteiger partial charge in [-0.05, 0) is 120 Å². The Morgan fingerprint density at radius 3 is 1.29 bits per heavy atom. The molecule has 0 aromatic rings. The maximum atomic E-state index is 13.9. The minimum absolute atomic E-state index is 0.233. The molecule has 4 nitrogen and oxygen atoms in total. The Bertz CT molecular complexity index is 871. The molecule has 0 radical (unpaired) electrons. The fourth-order valence-corrected chi connectivity index (χ4v) is 15.1. The van der Waals surface area contributed by atoms with Crippen LogP contribution in [0.1, 0.15) is 25.7 Å². The van der Waals surface area contributed by atoms with E-state index in [1.54, 1.807) is 0 Å². The zero-order chi connectivity index (χ0) is 18.2. The Morgan fingerprint density at radius 2 is 0.857 bits per heavy atom. The standard InChI is InChI=1S/C22H24Cl2N2O2/c23-21(17-7-3-9-13-5(7)1-11(17)15(13)19(9)21)25(27)26(28)22(24)18-8-4-10-14-6(8)2-12(18)16(14)20(10)22/h5-20H,1-4H2/b26-25+.